The lowest BCUT2D eigenvalue weighted by Crippen LogP contribution is -2.51. The van der Waals surface area contributed by atoms with Crippen molar-refractivity contribution in [2.45, 2.75) is 25.0 Å². The van der Waals surface area contributed by atoms with Gasteiger partial charge in [-0.25, -0.2) is 0 Å². The normalized spacial score (nSPS) is 12.4. The first-order valence-electron chi connectivity index (χ1n) is 9.98. The van der Waals surface area contributed by atoms with Crippen LogP contribution in [0.25, 0.3) is 0 Å². The summed E-state index contributed by atoms with van der Waals surface area (Å²) in [7, 11) is 1.67. The first-order chi connectivity index (χ1) is 15.0. The number of aliphatic hydroxyl groups is 1. The average molecular weight is 424 g/mol. The average Bonchev–Trinajstić information content (AvgIpc) is 2.80. The van der Waals surface area contributed by atoms with Crippen molar-refractivity contribution < 1.29 is 30.2 Å². The molecule has 0 aromatic heterocycles. The van der Waals surface area contributed by atoms with Crippen LogP contribution in [-0.4, -0.2) is 31.1 Å². The highest BCUT2D eigenvalue weighted by molar-refractivity contribution is 5.72. The zero-order valence-electron chi connectivity index (χ0n) is 17.8. The van der Waals surface area contributed by atoms with E-state index in [1.54, 1.807) is 7.11 Å². The van der Waals surface area contributed by atoms with Gasteiger partial charge in [0.25, 0.3) is 0 Å². The molecule has 0 aliphatic rings. The van der Waals surface area contributed by atoms with Gasteiger partial charge < -0.3 is 30.2 Å². The minimum absolute atomic E-state index is 0.324. The molecule has 0 unspecified atom stereocenters. The molecule has 31 heavy (non-hydrogen) atoms. The number of methoxy groups -OCH3 is 1. The molecule has 0 aliphatic carbocycles. The molecule has 3 aromatic carbocycles. The van der Waals surface area contributed by atoms with Crippen molar-refractivity contribution in [3.05, 3.63) is 102 Å². The van der Waals surface area contributed by atoms with Gasteiger partial charge in [-0.2, -0.15) is 0 Å². The number of carboxylic acids is 1. The van der Waals surface area contributed by atoms with Gasteiger partial charge in [0, 0.05) is 11.5 Å². The fraction of sp³-hybridized carbons (Fsp3) is 0.240. The van der Waals surface area contributed by atoms with Gasteiger partial charge in [0.2, 0.25) is 0 Å². The highest BCUT2D eigenvalue weighted by Crippen LogP contribution is 2.29. The summed E-state index contributed by atoms with van der Waals surface area (Å²) in [6.45, 7) is 1.39. The van der Waals surface area contributed by atoms with Gasteiger partial charge in [-0.3, -0.25) is 0 Å². The van der Waals surface area contributed by atoms with Crippen LogP contribution in [0.3, 0.4) is 0 Å². The predicted molar refractivity (Wildman–Crippen MR) is 116 cm³/mol. The number of rotatable bonds is 8. The number of aliphatic carboxylic acids is 1. The molecule has 0 bridgehead atoms. The first-order valence-corrected chi connectivity index (χ1v) is 9.98. The van der Waals surface area contributed by atoms with E-state index in [0.29, 0.717) is 6.04 Å². The highest BCUT2D eigenvalue weighted by Gasteiger charge is 2.26. The predicted octanol–water partition coefficient (Wildman–Crippen LogP) is 1.90. The van der Waals surface area contributed by atoms with Crippen molar-refractivity contribution in [3.63, 3.8) is 0 Å². The summed E-state index contributed by atoms with van der Waals surface area (Å²) in [5, 5.41) is 20.2. The number of carboxylic acid groups (broad SMARTS) is 1. The van der Waals surface area contributed by atoms with E-state index in [9.17, 15) is 9.90 Å². The van der Waals surface area contributed by atoms with Crippen molar-refractivity contribution in [1.82, 2.24) is 0 Å². The van der Waals surface area contributed by atoms with Crippen molar-refractivity contribution in [2.75, 3.05) is 13.9 Å². The van der Waals surface area contributed by atoms with Gasteiger partial charge in [0.15, 0.2) is 0 Å². The van der Waals surface area contributed by atoms with Crippen molar-refractivity contribution in [3.8, 4) is 5.75 Å². The van der Waals surface area contributed by atoms with Gasteiger partial charge in [0.1, 0.15) is 24.7 Å². The molecule has 0 radical (unpaired) electrons. The van der Waals surface area contributed by atoms with Gasteiger partial charge in [0.05, 0.1) is 13.1 Å². The molecular weight excluding hydrogens is 394 g/mol. The van der Waals surface area contributed by atoms with Crippen LogP contribution in [0.2, 0.25) is 0 Å². The topological polar surface area (TPSA) is 106 Å². The van der Waals surface area contributed by atoms with Crippen LogP contribution in [0, 0.1) is 0 Å². The molecule has 164 valence electrons. The molecular formula is C25H29NO5. The molecule has 0 fully saturated rings. The minimum atomic E-state index is -1.35. The molecule has 0 aliphatic heterocycles. The number of benzene rings is 3. The van der Waals surface area contributed by atoms with Crippen LogP contribution in [-0.2, 0) is 9.53 Å². The largest absolute Gasteiger partial charge is 0.547 e. The number of hydrogen-bond acceptors (Lipinski definition) is 5. The van der Waals surface area contributed by atoms with Crippen molar-refractivity contribution in [2.24, 2.45) is 0 Å². The van der Waals surface area contributed by atoms with Gasteiger partial charge in [-0.05, 0) is 30.2 Å². The smallest absolute Gasteiger partial charge is 0.144 e. The second-order valence-electron chi connectivity index (χ2n) is 7.01. The van der Waals surface area contributed by atoms with Crippen LogP contribution in [0.1, 0.15) is 35.6 Å². The third-order valence-corrected chi connectivity index (χ3v) is 4.77. The number of carbonyl (C=O) groups excluding carboxylic acids is 1. The lowest BCUT2D eigenvalue weighted by molar-refractivity contribution is -0.420. The maximum Gasteiger partial charge on any atom is 0.144 e. The third-order valence-electron chi connectivity index (χ3n) is 4.77. The van der Waals surface area contributed by atoms with E-state index >= 15 is 0 Å². The third kappa shape index (κ3) is 7.22. The molecule has 6 heteroatoms. The van der Waals surface area contributed by atoms with Crippen LogP contribution in [0.4, 0.5) is 0 Å². The number of ether oxygens (including phenoxy) is 2. The van der Waals surface area contributed by atoms with E-state index in [0.717, 1.165) is 16.9 Å². The highest BCUT2D eigenvalue weighted by atomic mass is 16.6. The molecule has 4 N–H and O–H groups in total. The van der Waals surface area contributed by atoms with E-state index < -0.39 is 24.8 Å². The molecule has 3 rings (SSSR count). The number of quaternary nitrogens is 1. The molecule has 0 spiro atoms. The zero-order valence-corrected chi connectivity index (χ0v) is 17.8. The summed E-state index contributed by atoms with van der Waals surface area (Å²) in [6, 6.07) is 26.6. The fourth-order valence-electron chi connectivity index (χ4n) is 3.19. The SMILES string of the molecule is COc1cccc([C@H](C)[NH3+])c1.O=C([O-])[C@@H](OCO)C(c1ccccc1)c1ccccc1. The van der Waals surface area contributed by atoms with Crippen LogP contribution >= 0.6 is 0 Å². The van der Waals surface area contributed by atoms with E-state index in [2.05, 4.69) is 18.7 Å². The van der Waals surface area contributed by atoms with Gasteiger partial charge in [-0.15, -0.1) is 0 Å². The Morgan fingerprint density at radius 1 is 0.935 bits per heavy atom. The number of aliphatic hydroxyl groups excluding tert-OH is 1. The second-order valence-corrected chi connectivity index (χ2v) is 7.01. The maximum absolute atomic E-state index is 11.3. The molecule has 0 amide bonds. The maximum atomic E-state index is 11.3. The fourth-order valence-corrected chi connectivity index (χ4v) is 3.19. The van der Waals surface area contributed by atoms with E-state index in [1.807, 2.05) is 78.9 Å². The van der Waals surface area contributed by atoms with Crippen LogP contribution < -0.4 is 15.6 Å². The van der Waals surface area contributed by atoms with Gasteiger partial charge >= 0.3 is 0 Å². The van der Waals surface area contributed by atoms with Crippen molar-refractivity contribution in [1.29, 1.82) is 0 Å². The Morgan fingerprint density at radius 2 is 1.45 bits per heavy atom. The number of hydrogen-bond donors (Lipinski definition) is 2. The summed E-state index contributed by atoms with van der Waals surface area (Å²) >= 11 is 0. The minimum Gasteiger partial charge on any atom is -0.547 e. The Kier molecular flexibility index (Phi) is 9.71. The summed E-state index contributed by atoms with van der Waals surface area (Å²) < 4.78 is 10.0. The van der Waals surface area contributed by atoms with E-state index in [4.69, 9.17) is 14.6 Å². The molecule has 6 nitrogen and oxygen atoms in total. The quantitative estimate of drug-likeness (QED) is 0.538. The lowest BCUT2D eigenvalue weighted by atomic mass is 9.86. The van der Waals surface area contributed by atoms with Crippen molar-refractivity contribution >= 4 is 5.97 Å². The van der Waals surface area contributed by atoms with Crippen LogP contribution in [0.5, 0.6) is 5.75 Å². The standard InChI is InChI=1S/C16H16O4.C9H13NO/c17-11-20-15(16(18)19)14(12-7-3-1-4-8-12)13-9-5-2-6-10-13;1-7(10)8-4-3-5-9(6-8)11-2/h1-10,14-15,17H,11H2,(H,18,19);3-7H,10H2,1-2H3/t15-;7-/m00/s1. The number of carbonyl (C=O) groups is 1. The molecule has 0 heterocycles. The zero-order chi connectivity index (χ0) is 22.6. The Balaban J connectivity index is 0.000000262. The molecule has 2 atom stereocenters. The summed E-state index contributed by atoms with van der Waals surface area (Å²) in [5.74, 6) is -0.982. The molecule has 0 saturated carbocycles. The Labute approximate surface area is 182 Å². The molecule has 3 aromatic rings. The Hall–Kier alpha value is -3.19. The van der Waals surface area contributed by atoms with E-state index in [1.165, 1.54) is 5.56 Å². The first kappa shape index (κ1) is 24.1. The Morgan fingerprint density at radius 3 is 1.87 bits per heavy atom. The Bertz CT molecular complexity index is 876. The van der Waals surface area contributed by atoms with E-state index in [-0.39, 0.29) is 0 Å². The summed E-state index contributed by atoms with van der Waals surface area (Å²) in [5.41, 5.74) is 6.73. The summed E-state index contributed by atoms with van der Waals surface area (Å²) in [6.07, 6.45) is -1.25. The van der Waals surface area contributed by atoms with Crippen LogP contribution in [0.15, 0.2) is 84.9 Å². The monoisotopic (exact) mass is 423 g/mol. The second kappa shape index (κ2) is 12.5. The molecule has 0 saturated heterocycles. The lowest BCUT2D eigenvalue weighted by Gasteiger charge is -2.28. The van der Waals surface area contributed by atoms with Gasteiger partial charge in [-0.1, -0.05) is 72.8 Å². The summed E-state index contributed by atoms with van der Waals surface area (Å²) in [4.78, 5) is 11.3.